The van der Waals surface area contributed by atoms with Crippen molar-refractivity contribution in [3.05, 3.63) is 81.8 Å². The van der Waals surface area contributed by atoms with Gasteiger partial charge >= 0.3 is 5.97 Å². The number of hydrogen-bond acceptors (Lipinski definition) is 7. The molecule has 1 aliphatic heterocycles. The van der Waals surface area contributed by atoms with Crippen LogP contribution in [0.5, 0.6) is 0 Å². The Hall–Kier alpha value is -3.95. The number of carbonyl (C=O) groups is 4. The van der Waals surface area contributed by atoms with Gasteiger partial charge in [-0.1, -0.05) is 32.4 Å². The normalized spacial score (nSPS) is 19.6. The van der Waals surface area contributed by atoms with Gasteiger partial charge in [0.05, 0.1) is 23.7 Å². The summed E-state index contributed by atoms with van der Waals surface area (Å²) >= 11 is 6.45. The highest BCUT2D eigenvalue weighted by Gasteiger charge is 2.51. The van der Waals surface area contributed by atoms with Gasteiger partial charge in [0.15, 0.2) is 0 Å². The molecule has 3 atom stereocenters. The van der Waals surface area contributed by atoms with E-state index in [9.17, 15) is 24.3 Å². The van der Waals surface area contributed by atoms with E-state index in [1.165, 1.54) is 17.0 Å². The number of nitrogens with one attached hydrogen (secondary N) is 2. The lowest BCUT2D eigenvalue weighted by Crippen LogP contribution is -2.68. The summed E-state index contributed by atoms with van der Waals surface area (Å²) < 4.78 is 5.84. The van der Waals surface area contributed by atoms with Crippen molar-refractivity contribution in [1.29, 1.82) is 0 Å². The molecular weight excluding hydrogens is 522 g/mol. The molecule has 2 aliphatic rings. The lowest BCUT2D eigenvalue weighted by atomic mass is 9.78. The predicted octanol–water partition coefficient (Wildman–Crippen LogP) is 4.78. The van der Waals surface area contributed by atoms with Crippen LogP contribution in [0.2, 0.25) is 5.02 Å². The number of amides is 1. The molecule has 0 radical (unpaired) electrons. The predicted molar refractivity (Wildman–Crippen MR) is 145 cm³/mol. The van der Waals surface area contributed by atoms with E-state index in [0.29, 0.717) is 33.3 Å². The summed E-state index contributed by atoms with van der Waals surface area (Å²) in [6.07, 6.45) is 0. The third-order valence-corrected chi connectivity index (χ3v) is 7.52. The van der Waals surface area contributed by atoms with Gasteiger partial charge in [-0.05, 0) is 60.9 Å². The van der Waals surface area contributed by atoms with E-state index >= 15 is 0 Å². The Morgan fingerprint density at radius 3 is 2.28 bits per heavy atom. The summed E-state index contributed by atoms with van der Waals surface area (Å²) in [5.41, 5.74) is 1.57. The summed E-state index contributed by atoms with van der Waals surface area (Å²) in [6, 6.07) is 10.9. The first-order valence-corrected chi connectivity index (χ1v) is 12.9. The molecule has 39 heavy (non-hydrogen) atoms. The molecule has 2 unspecified atom stereocenters. The number of aromatic carboxylic acids is 1. The van der Waals surface area contributed by atoms with Crippen LogP contribution in [0.4, 0.5) is 11.4 Å². The van der Waals surface area contributed by atoms with Crippen molar-refractivity contribution >= 4 is 46.4 Å². The van der Waals surface area contributed by atoms with Crippen LogP contribution in [0.15, 0.2) is 52.9 Å². The number of carboxylic acid groups (broad SMARTS) is 1. The second-order valence-electron chi connectivity index (χ2n) is 10.9. The highest BCUT2D eigenvalue weighted by Crippen LogP contribution is 2.39. The fourth-order valence-electron chi connectivity index (χ4n) is 5.05. The number of carbonyl (C=O) groups excluding carboxylic acids is 3. The molecule has 1 amide bonds. The Balaban J connectivity index is 1.42. The van der Waals surface area contributed by atoms with Crippen molar-refractivity contribution in [1.82, 2.24) is 5.32 Å². The smallest absolute Gasteiger partial charge is 0.335 e. The Morgan fingerprint density at radius 2 is 1.69 bits per heavy atom. The number of rotatable bonds is 7. The zero-order valence-electron chi connectivity index (χ0n) is 21.9. The average molecular weight is 550 g/mol. The maximum Gasteiger partial charge on any atom is 0.335 e. The number of Topliss-reactive ketones (excluding diaryl/α,β-unsaturated/α-hetero) is 2. The molecule has 9 nitrogen and oxygen atoms in total. The van der Waals surface area contributed by atoms with Crippen LogP contribution in [-0.2, 0) is 16.1 Å². The van der Waals surface area contributed by atoms with Gasteiger partial charge in [-0.2, -0.15) is 0 Å². The fraction of sp³-hybridized carbons (Fsp3) is 0.310. The third-order valence-electron chi connectivity index (χ3n) is 7.17. The molecule has 0 bridgehead atoms. The first kappa shape index (κ1) is 26.6. The van der Waals surface area contributed by atoms with Crippen molar-refractivity contribution in [2.75, 3.05) is 10.2 Å². The number of fused-ring (bicyclic) bond motifs is 1. The maximum absolute atomic E-state index is 13.5. The summed E-state index contributed by atoms with van der Waals surface area (Å²) in [6.45, 7) is 8.06. The van der Waals surface area contributed by atoms with Gasteiger partial charge in [0.25, 0.3) is 5.91 Å². The van der Waals surface area contributed by atoms with Crippen molar-refractivity contribution in [2.24, 2.45) is 5.41 Å². The van der Waals surface area contributed by atoms with Crippen molar-refractivity contribution in [3.8, 4) is 0 Å². The van der Waals surface area contributed by atoms with Gasteiger partial charge in [-0.15, -0.1) is 0 Å². The number of hydrogen-bond donors (Lipinski definition) is 3. The molecule has 202 valence electrons. The topological polar surface area (TPSA) is 129 Å². The number of nitrogens with zero attached hydrogens (tertiary/aromatic N) is 1. The van der Waals surface area contributed by atoms with E-state index in [1.807, 2.05) is 39.8 Å². The number of aryl methyl sites for hydroxylation is 1. The Bertz CT molecular complexity index is 1500. The van der Waals surface area contributed by atoms with Crippen LogP contribution < -0.4 is 15.5 Å². The van der Waals surface area contributed by atoms with E-state index in [0.717, 1.165) is 5.76 Å². The van der Waals surface area contributed by atoms with Crippen molar-refractivity contribution < 1.29 is 28.7 Å². The molecule has 3 N–H and O–H groups in total. The number of anilines is 2. The van der Waals surface area contributed by atoms with Crippen molar-refractivity contribution in [2.45, 2.75) is 52.4 Å². The number of furan rings is 1. The first-order valence-electron chi connectivity index (χ1n) is 12.5. The molecule has 10 heteroatoms. The minimum atomic E-state index is -1.06. The van der Waals surface area contributed by atoms with E-state index in [2.05, 4.69) is 10.6 Å². The van der Waals surface area contributed by atoms with Gasteiger partial charge in [-0.25, -0.2) is 4.79 Å². The van der Waals surface area contributed by atoms with E-state index in [1.54, 1.807) is 24.3 Å². The Labute approximate surface area is 230 Å². The maximum atomic E-state index is 13.5. The van der Waals surface area contributed by atoms with Crippen LogP contribution in [0.1, 0.15) is 64.6 Å². The SMILES string of the molecule is Cc1ccc([C@H](NC2C(=O)C(=O)C2Nc2ccc(Cl)c3c2C(=O)N(c2ccc(C(=O)O)cc2)C3)C(C)(C)C)o1. The molecule has 1 saturated carbocycles. The third kappa shape index (κ3) is 4.72. The first-order chi connectivity index (χ1) is 18.4. The van der Waals surface area contributed by atoms with Gasteiger partial charge < -0.3 is 19.7 Å². The number of ketones is 2. The molecule has 1 aromatic heterocycles. The Kier molecular flexibility index (Phi) is 6.60. The molecule has 0 spiro atoms. The lowest BCUT2D eigenvalue weighted by molar-refractivity contribution is -0.146. The van der Waals surface area contributed by atoms with Crippen molar-refractivity contribution in [3.63, 3.8) is 0 Å². The zero-order valence-corrected chi connectivity index (χ0v) is 22.6. The fourth-order valence-corrected chi connectivity index (χ4v) is 5.26. The summed E-state index contributed by atoms with van der Waals surface area (Å²) in [7, 11) is 0. The summed E-state index contributed by atoms with van der Waals surface area (Å²) in [4.78, 5) is 51.7. The quantitative estimate of drug-likeness (QED) is 0.359. The van der Waals surface area contributed by atoms with Gasteiger partial charge in [0.1, 0.15) is 23.6 Å². The number of benzene rings is 2. The van der Waals surface area contributed by atoms with E-state index in [-0.39, 0.29) is 29.5 Å². The minimum absolute atomic E-state index is 0.105. The largest absolute Gasteiger partial charge is 0.478 e. The van der Waals surface area contributed by atoms with Crippen LogP contribution in [-0.4, -0.2) is 40.6 Å². The van der Waals surface area contributed by atoms with E-state index in [4.69, 9.17) is 16.0 Å². The van der Waals surface area contributed by atoms with Gasteiger partial charge in [0.2, 0.25) is 11.6 Å². The molecule has 2 aromatic carbocycles. The van der Waals surface area contributed by atoms with Crippen LogP contribution in [0.3, 0.4) is 0 Å². The lowest BCUT2D eigenvalue weighted by Gasteiger charge is -2.40. The molecule has 0 saturated heterocycles. The highest BCUT2D eigenvalue weighted by atomic mass is 35.5. The number of carboxylic acids is 1. The molecular formula is C29H28ClN3O6. The summed E-state index contributed by atoms with van der Waals surface area (Å²) in [5.74, 6) is -1.12. The summed E-state index contributed by atoms with van der Waals surface area (Å²) in [5, 5.41) is 16.0. The van der Waals surface area contributed by atoms with Crippen LogP contribution in [0.25, 0.3) is 0 Å². The zero-order chi connectivity index (χ0) is 28.2. The monoisotopic (exact) mass is 549 g/mol. The molecule has 1 fully saturated rings. The minimum Gasteiger partial charge on any atom is -0.478 e. The molecule has 5 rings (SSSR count). The molecule has 3 aromatic rings. The van der Waals surface area contributed by atoms with Crippen LogP contribution >= 0.6 is 11.6 Å². The van der Waals surface area contributed by atoms with E-state index < -0.39 is 29.6 Å². The van der Waals surface area contributed by atoms with Gasteiger partial charge in [-0.3, -0.25) is 19.7 Å². The number of halogens is 1. The standard InChI is InChI=1S/C29H28ClN3O6/c1-14-5-12-20(39-14)26(29(2,3)4)32-23-22(24(34)25(23)35)31-19-11-10-18(30)17-13-33(27(36)21(17)19)16-8-6-15(7-9-16)28(37)38/h5-12,22-23,26,31-32H,13H2,1-4H3,(H,37,38)/t22?,23?,26-/m0/s1. The molecule has 1 aliphatic carbocycles. The Morgan fingerprint density at radius 1 is 1.03 bits per heavy atom. The van der Waals surface area contributed by atoms with Crippen LogP contribution in [0, 0.1) is 12.3 Å². The second-order valence-corrected chi connectivity index (χ2v) is 11.3. The second kappa shape index (κ2) is 9.66. The highest BCUT2D eigenvalue weighted by molar-refractivity contribution is 6.49. The molecule has 2 heterocycles. The van der Waals surface area contributed by atoms with Gasteiger partial charge in [0, 0.05) is 22.0 Å². The average Bonchev–Trinajstić information content (AvgIpc) is 3.47.